The molecule has 6 heteroatoms. The molecule has 1 aliphatic heterocycles. The Morgan fingerprint density at radius 3 is 3.08 bits per heavy atom. The number of carbonyl (C=O) groups is 1. The summed E-state index contributed by atoms with van der Waals surface area (Å²) in [6, 6.07) is 12.2. The third-order valence-corrected chi connectivity index (χ3v) is 6.27. The molecule has 0 saturated carbocycles. The van der Waals surface area contributed by atoms with E-state index in [0.717, 1.165) is 42.2 Å². The molecular weight excluding hydrogens is 346 g/mol. The Morgan fingerprint density at radius 2 is 2.27 bits per heavy atom. The standard InChI is InChI=1S/C20H23N3O2S/c1-14(17-8-5-11-25-17)21-12-19(24)23-10-4-6-15(13-23)20-22-16-7-2-3-9-18(16)26-20/h2-3,5,7-9,11,14-15,21H,4,6,10,12-13H2,1H3/p+1/t14-,15-/m0/s1. The lowest BCUT2D eigenvalue weighted by Crippen LogP contribution is -2.87. The largest absolute Gasteiger partial charge is 0.463 e. The van der Waals surface area contributed by atoms with Gasteiger partial charge < -0.3 is 14.6 Å². The zero-order valence-electron chi connectivity index (χ0n) is 14.9. The highest BCUT2D eigenvalue weighted by Gasteiger charge is 2.28. The van der Waals surface area contributed by atoms with Crippen LogP contribution in [0, 0.1) is 0 Å². The molecule has 1 amide bonds. The second-order valence-electron chi connectivity index (χ2n) is 6.94. The molecule has 1 fully saturated rings. The van der Waals surface area contributed by atoms with Crippen molar-refractivity contribution in [3.8, 4) is 0 Å². The quantitative estimate of drug-likeness (QED) is 0.751. The first-order valence-electron chi connectivity index (χ1n) is 9.20. The number of amides is 1. The van der Waals surface area contributed by atoms with Gasteiger partial charge in [0.1, 0.15) is 6.04 Å². The number of aromatic nitrogens is 1. The molecule has 26 heavy (non-hydrogen) atoms. The monoisotopic (exact) mass is 370 g/mol. The summed E-state index contributed by atoms with van der Waals surface area (Å²) in [7, 11) is 0. The Hall–Kier alpha value is -2.18. The van der Waals surface area contributed by atoms with Crippen LogP contribution in [0.3, 0.4) is 0 Å². The summed E-state index contributed by atoms with van der Waals surface area (Å²) in [6.45, 7) is 4.14. The maximum absolute atomic E-state index is 12.7. The van der Waals surface area contributed by atoms with Crippen LogP contribution in [0.1, 0.15) is 42.5 Å². The third kappa shape index (κ3) is 3.66. The number of nitrogens with zero attached hydrogens (tertiary/aromatic N) is 2. The molecular formula is C20H24N3O2S+. The van der Waals surface area contributed by atoms with E-state index < -0.39 is 0 Å². The highest BCUT2D eigenvalue weighted by atomic mass is 32.1. The van der Waals surface area contributed by atoms with Crippen molar-refractivity contribution >= 4 is 27.5 Å². The van der Waals surface area contributed by atoms with Gasteiger partial charge in [-0.15, -0.1) is 11.3 Å². The molecule has 3 heterocycles. The van der Waals surface area contributed by atoms with Crippen molar-refractivity contribution in [3.63, 3.8) is 0 Å². The number of hydrogen-bond donors (Lipinski definition) is 1. The number of benzene rings is 1. The second kappa shape index (κ2) is 7.60. The van der Waals surface area contributed by atoms with Crippen molar-refractivity contribution in [2.45, 2.75) is 31.7 Å². The predicted molar refractivity (Wildman–Crippen MR) is 102 cm³/mol. The summed E-state index contributed by atoms with van der Waals surface area (Å²) >= 11 is 1.76. The van der Waals surface area contributed by atoms with Crippen LogP contribution in [0.25, 0.3) is 10.2 Å². The van der Waals surface area contributed by atoms with Gasteiger partial charge in [-0.25, -0.2) is 4.98 Å². The summed E-state index contributed by atoms with van der Waals surface area (Å²) in [4.78, 5) is 19.5. The van der Waals surface area contributed by atoms with Gasteiger partial charge in [0.25, 0.3) is 5.91 Å². The molecule has 0 spiro atoms. The fourth-order valence-electron chi connectivity index (χ4n) is 3.54. The Morgan fingerprint density at radius 1 is 1.38 bits per heavy atom. The van der Waals surface area contributed by atoms with E-state index in [4.69, 9.17) is 9.40 Å². The molecule has 0 bridgehead atoms. The maximum Gasteiger partial charge on any atom is 0.277 e. The van der Waals surface area contributed by atoms with Crippen molar-refractivity contribution in [1.82, 2.24) is 9.88 Å². The van der Waals surface area contributed by atoms with E-state index in [1.807, 2.05) is 28.4 Å². The van der Waals surface area contributed by atoms with Crippen LogP contribution in [-0.4, -0.2) is 35.4 Å². The molecule has 2 N–H and O–H groups in total. The lowest BCUT2D eigenvalue weighted by atomic mass is 9.98. The van der Waals surface area contributed by atoms with E-state index in [-0.39, 0.29) is 11.9 Å². The Labute approximate surface area is 157 Å². The topological polar surface area (TPSA) is 63.0 Å². The van der Waals surface area contributed by atoms with E-state index in [0.29, 0.717) is 12.5 Å². The van der Waals surface area contributed by atoms with Crippen LogP contribution < -0.4 is 5.32 Å². The fraction of sp³-hybridized carbons (Fsp3) is 0.400. The van der Waals surface area contributed by atoms with Crippen molar-refractivity contribution in [1.29, 1.82) is 0 Å². The molecule has 0 aliphatic carbocycles. The maximum atomic E-state index is 12.7. The molecule has 2 atom stereocenters. The highest BCUT2D eigenvalue weighted by Crippen LogP contribution is 2.32. The molecule has 3 aromatic rings. The summed E-state index contributed by atoms with van der Waals surface area (Å²) < 4.78 is 6.64. The average Bonchev–Trinajstić information content (AvgIpc) is 3.35. The van der Waals surface area contributed by atoms with E-state index in [1.165, 1.54) is 4.70 Å². The molecule has 0 unspecified atom stereocenters. The van der Waals surface area contributed by atoms with E-state index in [2.05, 4.69) is 25.1 Å². The second-order valence-corrected chi connectivity index (χ2v) is 8.00. The number of hydrogen-bond acceptors (Lipinski definition) is 4. The molecule has 2 aromatic heterocycles. The number of rotatable bonds is 5. The van der Waals surface area contributed by atoms with Crippen molar-refractivity contribution in [2.24, 2.45) is 0 Å². The molecule has 136 valence electrons. The van der Waals surface area contributed by atoms with Crippen molar-refractivity contribution in [3.05, 3.63) is 53.4 Å². The Bertz CT molecular complexity index is 841. The van der Waals surface area contributed by atoms with Crippen LogP contribution in [0.4, 0.5) is 0 Å². The summed E-state index contributed by atoms with van der Waals surface area (Å²) in [5, 5.41) is 3.21. The van der Waals surface area contributed by atoms with E-state index in [1.54, 1.807) is 17.6 Å². The summed E-state index contributed by atoms with van der Waals surface area (Å²) in [5.74, 6) is 1.46. The van der Waals surface area contributed by atoms with Gasteiger partial charge >= 0.3 is 0 Å². The van der Waals surface area contributed by atoms with Gasteiger partial charge in [-0.05, 0) is 44.0 Å². The van der Waals surface area contributed by atoms with Gasteiger partial charge in [0, 0.05) is 19.0 Å². The normalized spacial score (nSPS) is 19.0. The van der Waals surface area contributed by atoms with Gasteiger partial charge in [-0.1, -0.05) is 12.1 Å². The smallest absolute Gasteiger partial charge is 0.277 e. The number of thiazole rings is 1. The summed E-state index contributed by atoms with van der Waals surface area (Å²) in [5.41, 5.74) is 1.07. The van der Waals surface area contributed by atoms with E-state index in [9.17, 15) is 4.79 Å². The van der Waals surface area contributed by atoms with Crippen LogP contribution in [0.5, 0.6) is 0 Å². The lowest BCUT2D eigenvalue weighted by Gasteiger charge is -2.31. The number of likely N-dealkylation sites (tertiary alicyclic amines) is 1. The number of piperidine rings is 1. The molecule has 1 saturated heterocycles. The number of quaternary nitrogens is 1. The van der Waals surface area contributed by atoms with Gasteiger partial charge in [0.15, 0.2) is 12.3 Å². The van der Waals surface area contributed by atoms with E-state index >= 15 is 0 Å². The Balaban J connectivity index is 1.37. The molecule has 1 aliphatic rings. The molecule has 5 nitrogen and oxygen atoms in total. The number of para-hydroxylation sites is 1. The van der Waals surface area contributed by atoms with Gasteiger partial charge in [0.05, 0.1) is 21.5 Å². The average molecular weight is 370 g/mol. The van der Waals surface area contributed by atoms with Gasteiger partial charge in [-0.3, -0.25) is 4.79 Å². The first-order valence-corrected chi connectivity index (χ1v) is 10.0. The van der Waals surface area contributed by atoms with Crippen molar-refractivity contribution < 1.29 is 14.5 Å². The third-order valence-electron chi connectivity index (χ3n) is 5.07. The fourth-order valence-corrected chi connectivity index (χ4v) is 4.64. The van der Waals surface area contributed by atoms with Crippen LogP contribution in [0.2, 0.25) is 0 Å². The number of fused-ring (bicyclic) bond motifs is 1. The molecule has 1 aromatic carbocycles. The number of furan rings is 1. The summed E-state index contributed by atoms with van der Waals surface area (Å²) in [6.07, 6.45) is 3.82. The lowest BCUT2D eigenvalue weighted by molar-refractivity contribution is -0.685. The Kier molecular flexibility index (Phi) is 5.04. The van der Waals surface area contributed by atoms with Crippen molar-refractivity contribution in [2.75, 3.05) is 19.6 Å². The first-order chi connectivity index (χ1) is 12.7. The SMILES string of the molecule is C[C@H]([NH2+]CC(=O)N1CCC[C@H](c2nc3ccccc3s2)C1)c1ccco1. The highest BCUT2D eigenvalue weighted by molar-refractivity contribution is 7.18. The minimum absolute atomic E-state index is 0.152. The molecule has 4 rings (SSSR count). The van der Waals surface area contributed by atoms with Crippen LogP contribution in [-0.2, 0) is 4.79 Å². The van der Waals surface area contributed by atoms with Crippen LogP contribution in [0.15, 0.2) is 47.1 Å². The first kappa shape index (κ1) is 17.2. The van der Waals surface area contributed by atoms with Gasteiger partial charge in [-0.2, -0.15) is 0 Å². The zero-order chi connectivity index (χ0) is 17.9. The minimum atomic E-state index is 0.152. The minimum Gasteiger partial charge on any atom is -0.463 e. The van der Waals surface area contributed by atoms with Crippen LogP contribution >= 0.6 is 11.3 Å². The number of carbonyl (C=O) groups excluding carboxylic acids is 1. The zero-order valence-corrected chi connectivity index (χ0v) is 15.7. The predicted octanol–water partition coefficient (Wildman–Crippen LogP) is 2.92. The molecule has 0 radical (unpaired) electrons. The number of nitrogens with two attached hydrogens (primary N) is 1. The van der Waals surface area contributed by atoms with Gasteiger partial charge in [0.2, 0.25) is 0 Å².